The van der Waals surface area contributed by atoms with E-state index in [-0.39, 0.29) is 43.1 Å². The van der Waals surface area contributed by atoms with Crippen molar-refractivity contribution in [2.24, 2.45) is 5.92 Å². The number of hydrogen-bond acceptors (Lipinski definition) is 6. The van der Waals surface area contributed by atoms with Crippen LogP contribution in [-0.2, 0) is 22.6 Å². The molecule has 1 saturated heterocycles. The Morgan fingerprint density at radius 1 is 0.816 bits per heavy atom. The van der Waals surface area contributed by atoms with Crippen LogP contribution in [0, 0.1) is 5.92 Å². The fraction of sp³-hybridized carbons (Fsp3) is 0.333. The summed E-state index contributed by atoms with van der Waals surface area (Å²) in [6.45, 7) is 8.12. The number of ether oxygens (including phenoxy) is 2. The number of aliphatic hydroxyl groups is 1. The van der Waals surface area contributed by atoms with Crippen LogP contribution in [0.5, 0.6) is 0 Å². The van der Waals surface area contributed by atoms with Crippen LogP contribution in [0.2, 0.25) is 0 Å². The Hall–Kier alpha value is -4.40. The molecule has 7 rings (SSSR count). The second-order valence-corrected chi connectivity index (χ2v) is 13.6. The minimum Gasteiger partial charge on any atom is -0.392 e. The molecule has 2 aliphatic heterocycles. The summed E-state index contributed by atoms with van der Waals surface area (Å²) in [5.41, 5.74) is 6.70. The number of benzene rings is 4. The molecule has 0 radical (unpaired) electrons. The van der Waals surface area contributed by atoms with E-state index in [0.717, 1.165) is 46.5 Å². The van der Waals surface area contributed by atoms with Crippen molar-refractivity contribution >= 4 is 11.8 Å². The molecule has 1 aliphatic carbocycles. The van der Waals surface area contributed by atoms with E-state index in [9.17, 15) is 14.7 Å². The summed E-state index contributed by atoms with van der Waals surface area (Å²) in [7, 11) is 0. The van der Waals surface area contributed by atoms with Gasteiger partial charge in [-0.05, 0) is 58.9 Å². The van der Waals surface area contributed by atoms with Crippen molar-refractivity contribution in [1.29, 1.82) is 0 Å². The lowest BCUT2D eigenvalue weighted by Crippen LogP contribution is -2.47. The van der Waals surface area contributed by atoms with E-state index in [1.165, 1.54) is 30.6 Å². The minimum atomic E-state index is -0.549. The Kier molecular flexibility index (Phi) is 9.87. The second kappa shape index (κ2) is 14.6. The first kappa shape index (κ1) is 33.1. The molecule has 7 heteroatoms. The van der Waals surface area contributed by atoms with Gasteiger partial charge in [0.15, 0.2) is 6.29 Å². The van der Waals surface area contributed by atoms with Crippen molar-refractivity contribution in [3.05, 3.63) is 143 Å². The Morgan fingerprint density at radius 2 is 1.49 bits per heavy atom. The lowest BCUT2D eigenvalue weighted by atomic mass is 9.89. The third kappa shape index (κ3) is 6.90. The van der Waals surface area contributed by atoms with E-state index in [0.29, 0.717) is 17.2 Å². The number of rotatable bonds is 11. The molecule has 252 valence electrons. The number of carbonyl (C=O) groups excluding carboxylic acids is 2. The third-order valence-corrected chi connectivity index (χ3v) is 10.4. The van der Waals surface area contributed by atoms with Gasteiger partial charge in [0.1, 0.15) is 0 Å². The topological polar surface area (TPSA) is 79.3 Å². The average Bonchev–Trinajstić information content (AvgIpc) is 3.77. The number of carbonyl (C=O) groups is 2. The van der Waals surface area contributed by atoms with Gasteiger partial charge in [0.05, 0.1) is 36.5 Å². The molecule has 3 aliphatic rings. The highest BCUT2D eigenvalue weighted by molar-refractivity contribution is 6.21. The van der Waals surface area contributed by atoms with Crippen molar-refractivity contribution in [2.45, 2.75) is 70.3 Å². The molecule has 7 nitrogen and oxygen atoms in total. The largest absolute Gasteiger partial charge is 0.392 e. The molecule has 4 aromatic rings. The van der Waals surface area contributed by atoms with E-state index >= 15 is 0 Å². The third-order valence-electron chi connectivity index (χ3n) is 10.4. The molecule has 2 heterocycles. The molecule has 49 heavy (non-hydrogen) atoms. The van der Waals surface area contributed by atoms with Crippen molar-refractivity contribution < 1.29 is 24.2 Å². The normalized spacial score (nSPS) is 22.6. The first-order valence-electron chi connectivity index (χ1n) is 17.4. The number of hydrogen-bond donors (Lipinski definition) is 1. The lowest BCUT2D eigenvalue weighted by Gasteiger charge is -2.43. The molecule has 1 N–H and O–H groups in total. The zero-order valence-corrected chi connectivity index (χ0v) is 28.0. The lowest BCUT2D eigenvalue weighted by molar-refractivity contribution is -0.276. The van der Waals surface area contributed by atoms with Gasteiger partial charge in [-0.3, -0.25) is 19.4 Å². The smallest absolute Gasteiger partial charge is 0.261 e. The second-order valence-electron chi connectivity index (χ2n) is 13.6. The molecule has 1 saturated carbocycles. The van der Waals surface area contributed by atoms with Crippen molar-refractivity contribution in [1.82, 2.24) is 9.80 Å². The molecule has 4 atom stereocenters. The van der Waals surface area contributed by atoms with Crippen LogP contribution in [0.15, 0.2) is 110 Å². The Balaban J connectivity index is 1.11. The summed E-state index contributed by atoms with van der Waals surface area (Å²) in [6.07, 6.45) is 6.17. The van der Waals surface area contributed by atoms with Crippen molar-refractivity contribution in [3.8, 4) is 11.1 Å². The first-order valence-corrected chi connectivity index (χ1v) is 17.4. The van der Waals surface area contributed by atoms with Gasteiger partial charge < -0.3 is 14.6 Å². The van der Waals surface area contributed by atoms with Crippen molar-refractivity contribution in [2.75, 3.05) is 13.1 Å². The van der Waals surface area contributed by atoms with Crippen LogP contribution >= 0.6 is 0 Å². The highest BCUT2D eigenvalue weighted by atomic mass is 16.7. The monoisotopic (exact) mass is 656 g/mol. The summed E-state index contributed by atoms with van der Waals surface area (Å²) < 4.78 is 13.5. The van der Waals surface area contributed by atoms with Crippen LogP contribution in [0.25, 0.3) is 11.1 Å². The maximum atomic E-state index is 13.0. The van der Waals surface area contributed by atoms with Crippen LogP contribution in [0.3, 0.4) is 0 Å². The van der Waals surface area contributed by atoms with Gasteiger partial charge in [0, 0.05) is 30.6 Å². The van der Waals surface area contributed by atoms with Crippen LogP contribution < -0.4 is 0 Å². The van der Waals surface area contributed by atoms with E-state index in [1.807, 2.05) is 42.5 Å². The molecular formula is C42H44N2O5. The zero-order valence-electron chi connectivity index (χ0n) is 28.0. The average molecular weight is 657 g/mol. The zero-order chi connectivity index (χ0) is 33.9. The first-order chi connectivity index (χ1) is 23.9. The number of aliphatic hydroxyl groups excluding tert-OH is 1. The number of imide groups is 1. The fourth-order valence-corrected chi connectivity index (χ4v) is 7.61. The maximum absolute atomic E-state index is 13.0. The maximum Gasteiger partial charge on any atom is 0.261 e. The van der Waals surface area contributed by atoms with Gasteiger partial charge in [-0.2, -0.15) is 0 Å². The van der Waals surface area contributed by atoms with Gasteiger partial charge >= 0.3 is 0 Å². The highest BCUT2D eigenvalue weighted by Gasteiger charge is 2.40. The van der Waals surface area contributed by atoms with Gasteiger partial charge in [-0.15, -0.1) is 6.58 Å². The summed E-state index contributed by atoms with van der Waals surface area (Å²) in [5.74, 6) is -0.406. The molecule has 0 unspecified atom stereocenters. The van der Waals surface area contributed by atoms with E-state index in [4.69, 9.17) is 9.47 Å². The fourth-order valence-electron chi connectivity index (χ4n) is 7.61. The molecule has 2 amide bonds. The van der Waals surface area contributed by atoms with Gasteiger partial charge in [-0.25, -0.2) is 0 Å². The summed E-state index contributed by atoms with van der Waals surface area (Å²) >= 11 is 0. The molecule has 0 bridgehead atoms. The van der Waals surface area contributed by atoms with Gasteiger partial charge in [-0.1, -0.05) is 105 Å². The number of amides is 2. The van der Waals surface area contributed by atoms with Gasteiger partial charge in [0.2, 0.25) is 0 Å². The summed E-state index contributed by atoms with van der Waals surface area (Å²) in [6, 6.07) is 31.8. The van der Waals surface area contributed by atoms with E-state index in [2.05, 4.69) is 54.8 Å². The molecular weight excluding hydrogens is 612 g/mol. The van der Waals surface area contributed by atoms with Crippen LogP contribution in [0.4, 0.5) is 0 Å². The van der Waals surface area contributed by atoms with Crippen LogP contribution in [0.1, 0.15) is 88.0 Å². The summed E-state index contributed by atoms with van der Waals surface area (Å²) in [5, 5.41) is 9.62. The number of fused-ring (bicyclic) bond motifs is 1. The quantitative estimate of drug-likeness (QED) is 0.131. The Labute approximate surface area is 288 Å². The van der Waals surface area contributed by atoms with E-state index < -0.39 is 6.29 Å². The molecule has 0 spiro atoms. The summed E-state index contributed by atoms with van der Waals surface area (Å²) in [4.78, 5) is 29.8. The van der Waals surface area contributed by atoms with Crippen molar-refractivity contribution in [3.63, 3.8) is 0 Å². The van der Waals surface area contributed by atoms with E-state index in [1.54, 1.807) is 24.3 Å². The minimum absolute atomic E-state index is 0.00560. The van der Waals surface area contributed by atoms with Crippen LogP contribution in [-0.4, -0.2) is 52.0 Å². The highest BCUT2D eigenvalue weighted by Crippen LogP contribution is 2.42. The molecule has 4 aromatic carbocycles. The Bertz CT molecular complexity index is 1760. The molecule has 2 fully saturated rings. The predicted molar refractivity (Wildman–Crippen MR) is 190 cm³/mol. The Morgan fingerprint density at radius 3 is 2.14 bits per heavy atom. The standard InChI is InChI=1S/C42H44N2O5/c1-3-23-43(35-11-4-5-12-35)26-38-28(2)39(32-17-15-29(27-45)16-18-32)49-42(48-38)33-21-19-31(20-22-33)34-10-8-9-30(24-34)25-44-40(46)36-13-6-7-14-37(36)41(44)47/h3,6-10,13-22,24,28,35,38-39,42,45H,1,4-5,11-12,23,25-27H2,2H3/t28-,38+,39+,42+/m1/s1. The number of nitrogens with zero attached hydrogens (tertiary/aromatic N) is 2. The SMILES string of the molecule is C=CCN(C[C@@H]1O[C@H](c2ccc(-c3cccc(CN4C(=O)c5ccccc5C4=O)c3)cc2)O[C@H](c2ccc(CO)cc2)[C@@H]1C)C1CCCC1. The predicted octanol–water partition coefficient (Wildman–Crippen LogP) is 7.86. The molecule has 0 aromatic heterocycles. The van der Waals surface area contributed by atoms with Gasteiger partial charge in [0.25, 0.3) is 11.8 Å².